The maximum atomic E-state index is 12.7. The summed E-state index contributed by atoms with van der Waals surface area (Å²) in [4.78, 5) is 49.9. The van der Waals surface area contributed by atoms with Crippen LogP contribution in [0.5, 0.6) is 0 Å². The lowest BCUT2D eigenvalue weighted by Gasteiger charge is -2.15. The fraction of sp³-hybridized carbons (Fsp3) is 0.238. The molecule has 0 bridgehead atoms. The summed E-state index contributed by atoms with van der Waals surface area (Å²) >= 11 is 0. The molecule has 0 radical (unpaired) electrons. The van der Waals surface area contributed by atoms with Crippen LogP contribution in [0.2, 0.25) is 0 Å². The molecule has 1 aliphatic heterocycles. The summed E-state index contributed by atoms with van der Waals surface area (Å²) in [5, 5.41) is 5.52. The third-order valence-corrected chi connectivity index (χ3v) is 4.37. The van der Waals surface area contributed by atoms with Gasteiger partial charge < -0.3 is 10.6 Å². The highest BCUT2D eigenvalue weighted by Crippen LogP contribution is 2.24. The molecule has 0 atom stereocenters. The van der Waals surface area contributed by atoms with Gasteiger partial charge in [-0.15, -0.1) is 0 Å². The van der Waals surface area contributed by atoms with Gasteiger partial charge in [0.25, 0.3) is 11.8 Å². The van der Waals surface area contributed by atoms with Gasteiger partial charge in [-0.2, -0.15) is 0 Å². The van der Waals surface area contributed by atoms with Crippen molar-refractivity contribution in [3.63, 3.8) is 0 Å². The van der Waals surface area contributed by atoms with Gasteiger partial charge in [0.1, 0.15) is 0 Å². The largest absolute Gasteiger partial charge is 0.352 e. The molecule has 1 heterocycles. The van der Waals surface area contributed by atoms with Gasteiger partial charge in [0.15, 0.2) is 0 Å². The third kappa shape index (κ3) is 4.09. The Morgan fingerprint density at radius 2 is 1.68 bits per heavy atom. The summed E-state index contributed by atoms with van der Waals surface area (Å²) in [7, 11) is 0. The molecule has 3 rings (SSSR count). The number of carbonyl (C=O) groups excluding carboxylic acids is 4. The van der Waals surface area contributed by atoms with Crippen LogP contribution < -0.4 is 15.5 Å². The number of benzene rings is 2. The van der Waals surface area contributed by atoms with Gasteiger partial charge in [0, 0.05) is 24.9 Å². The van der Waals surface area contributed by atoms with Gasteiger partial charge in [-0.05, 0) is 36.8 Å². The molecule has 1 saturated heterocycles. The molecule has 2 aromatic carbocycles. The molecule has 2 aromatic rings. The van der Waals surface area contributed by atoms with Gasteiger partial charge in [0.05, 0.1) is 16.9 Å². The van der Waals surface area contributed by atoms with Crippen molar-refractivity contribution in [1.29, 1.82) is 0 Å². The standard InChI is InChI=1S/C21H21N3O4/c1-2-12-22-21(28)16-8-3-4-9-17(16)23-20(27)14-6-5-7-15(13-14)24-18(25)10-11-19(24)26/h3-9,13H,2,10-12H2,1H3,(H,22,28)(H,23,27). The smallest absolute Gasteiger partial charge is 0.255 e. The van der Waals surface area contributed by atoms with Crippen molar-refractivity contribution in [3.05, 3.63) is 59.7 Å². The zero-order valence-corrected chi connectivity index (χ0v) is 15.5. The molecule has 1 aliphatic rings. The van der Waals surface area contributed by atoms with Crippen LogP contribution in [0.1, 0.15) is 46.9 Å². The van der Waals surface area contributed by atoms with E-state index in [2.05, 4.69) is 10.6 Å². The molecule has 144 valence electrons. The van der Waals surface area contributed by atoms with Crippen LogP contribution in [0, 0.1) is 0 Å². The molecule has 0 unspecified atom stereocenters. The minimum Gasteiger partial charge on any atom is -0.352 e. The van der Waals surface area contributed by atoms with Crippen LogP contribution in [-0.4, -0.2) is 30.2 Å². The molecule has 2 N–H and O–H groups in total. The van der Waals surface area contributed by atoms with E-state index >= 15 is 0 Å². The molecule has 0 saturated carbocycles. The molecular formula is C21H21N3O4. The topological polar surface area (TPSA) is 95.6 Å². The maximum absolute atomic E-state index is 12.7. The van der Waals surface area contributed by atoms with Gasteiger partial charge in [-0.3, -0.25) is 24.1 Å². The summed E-state index contributed by atoms with van der Waals surface area (Å²) in [5.41, 5.74) is 1.41. The molecule has 1 fully saturated rings. The second-order valence-electron chi connectivity index (χ2n) is 6.43. The fourth-order valence-corrected chi connectivity index (χ4v) is 2.97. The van der Waals surface area contributed by atoms with Crippen LogP contribution in [0.15, 0.2) is 48.5 Å². The van der Waals surface area contributed by atoms with Gasteiger partial charge in [0.2, 0.25) is 11.8 Å². The van der Waals surface area contributed by atoms with Crippen molar-refractivity contribution >= 4 is 35.0 Å². The number of hydrogen-bond donors (Lipinski definition) is 2. The van der Waals surface area contributed by atoms with E-state index in [-0.39, 0.29) is 36.1 Å². The number of hydrogen-bond acceptors (Lipinski definition) is 4. The van der Waals surface area contributed by atoms with Gasteiger partial charge >= 0.3 is 0 Å². The van der Waals surface area contributed by atoms with Crippen molar-refractivity contribution < 1.29 is 19.2 Å². The first-order valence-corrected chi connectivity index (χ1v) is 9.15. The highest BCUT2D eigenvalue weighted by Gasteiger charge is 2.30. The van der Waals surface area contributed by atoms with Crippen molar-refractivity contribution in [1.82, 2.24) is 5.32 Å². The highest BCUT2D eigenvalue weighted by molar-refractivity contribution is 6.20. The Morgan fingerprint density at radius 1 is 0.964 bits per heavy atom. The molecule has 28 heavy (non-hydrogen) atoms. The highest BCUT2D eigenvalue weighted by atomic mass is 16.2. The Hall–Kier alpha value is -3.48. The Kier molecular flexibility index (Phi) is 5.84. The summed E-state index contributed by atoms with van der Waals surface area (Å²) < 4.78 is 0. The van der Waals surface area contributed by atoms with E-state index in [0.29, 0.717) is 23.5 Å². The Morgan fingerprint density at radius 3 is 2.39 bits per heavy atom. The average Bonchev–Trinajstić information content (AvgIpc) is 3.04. The number of amides is 4. The minimum atomic E-state index is -0.434. The second-order valence-corrected chi connectivity index (χ2v) is 6.43. The normalized spacial score (nSPS) is 13.5. The Labute approximate surface area is 162 Å². The van der Waals surface area contributed by atoms with Crippen LogP contribution in [0.3, 0.4) is 0 Å². The summed E-state index contributed by atoms with van der Waals surface area (Å²) in [6.07, 6.45) is 1.16. The number of carbonyl (C=O) groups is 4. The van der Waals surface area contributed by atoms with E-state index in [4.69, 9.17) is 0 Å². The Balaban J connectivity index is 1.81. The predicted molar refractivity (Wildman–Crippen MR) is 105 cm³/mol. The van der Waals surface area contributed by atoms with Crippen LogP contribution in [0.4, 0.5) is 11.4 Å². The number of para-hydroxylation sites is 1. The third-order valence-electron chi connectivity index (χ3n) is 4.37. The summed E-state index contributed by atoms with van der Waals surface area (Å²) in [6, 6.07) is 13.0. The molecule has 0 aliphatic carbocycles. The predicted octanol–water partition coefficient (Wildman–Crippen LogP) is 2.73. The number of anilines is 2. The van der Waals surface area contributed by atoms with Crippen LogP contribution in [0.25, 0.3) is 0 Å². The van der Waals surface area contributed by atoms with Gasteiger partial charge in [-0.25, -0.2) is 0 Å². The molecule has 7 heteroatoms. The second kappa shape index (κ2) is 8.47. The SMILES string of the molecule is CCCNC(=O)c1ccccc1NC(=O)c1cccc(N2C(=O)CCC2=O)c1. The first-order valence-electron chi connectivity index (χ1n) is 9.15. The van der Waals surface area contributed by atoms with E-state index in [1.807, 2.05) is 6.92 Å². The lowest BCUT2D eigenvalue weighted by molar-refractivity contribution is -0.121. The minimum absolute atomic E-state index is 0.176. The average molecular weight is 379 g/mol. The van der Waals surface area contributed by atoms with Crippen molar-refractivity contribution in [3.8, 4) is 0 Å². The van der Waals surface area contributed by atoms with Gasteiger partial charge in [-0.1, -0.05) is 25.1 Å². The Bertz CT molecular complexity index is 923. The summed E-state index contributed by atoms with van der Waals surface area (Å²) in [6.45, 7) is 2.50. The van der Waals surface area contributed by atoms with E-state index in [9.17, 15) is 19.2 Å². The van der Waals surface area contributed by atoms with Crippen LogP contribution in [-0.2, 0) is 9.59 Å². The molecule has 7 nitrogen and oxygen atoms in total. The van der Waals surface area contributed by atoms with Crippen LogP contribution >= 0.6 is 0 Å². The monoisotopic (exact) mass is 379 g/mol. The first-order chi connectivity index (χ1) is 13.5. The van der Waals surface area contributed by atoms with Crippen molar-refractivity contribution in [2.24, 2.45) is 0 Å². The molecular weight excluding hydrogens is 358 g/mol. The van der Waals surface area contributed by atoms with Crippen molar-refractivity contribution in [2.75, 3.05) is 16.8 Å². The van der Waals surface area contributed by atoms with Crippen molar-refractivity contribution in [2.45, 2.75) is 26.2 Å². The number of imide groups is 1. The maximum Gasteiger partial charge on any atom is 0.255 e. The van der Waals surface area contributed by atoms with E-state index in [1.54, 1.807) is 42.5 Å². The van der Waals surface area contributed by atoms with E-state index in [1.165, 1.54) is 6.07 Å². The van der Waals surface area contributed by atoms with E-state index in [0.717, 1.165) is 11.3 Å². The summed E-state index contributed by atoms with van der Waals surface area (Å²) in [5.74, 6) is -1.25. The molecule has 4 amide bonds. The fourth-order valence-electron chi connectivity index (χ4n) is 2.97. The lowest BCUT2D eigenvalue weighted by Crippen LogP contribution is -2.29. The number of rotatable bonds is 6. The molecule has 0 aromatic heterocycles. The zero-order valence-electron chi connectivity index (χ0n) is 15.5. The first kappa shape index (κ1) is 19.3. The number of nitrogens with one attached hydrogen (secondary N) is 2. The molecule has 0 spiro atoms. The van der Waals surface area contributed by atoms with E-state index < -0.39 is 5.91 Å². The lowest BCUT2D eigenvalue weighted by atomic mass is 10.1. The number of nitrogens with zero attached hydrogens (tertiary/aromatic N) is 1. The quantitative estimate of drug-likeness (QED) is 0.755. The zero-order chi connectivity index (χ0) is 20.1.